The number of halogens is 1. The highest BCUT2D eigenvalue weighted by molar-refractivity contribution is 6.31. The molecule has 0 N–H and O–H groups in total. The average Bonchev–Trinajstić information content (AvgIpc) is 3.12. The van der Waals surface area contributed by atoms with Gasteiger partial charge in [0, 0.05) is 23.0 Å². The summed E-state index contributed by atoms with van der Waals surface area (Å²) in [7, 11) is 0. The molecule has 2 aromatic heterocycles. The maximum atomic E-state index is 12.9. The summed E-state index contributed by atoms with van der Waals surface area (Å²) in [5.41, 5.74) is 2.98. The van der Waals surface area contributed by atoms with Crippen LogP contribution >= 0.6 is 11.6 Å². The molecule has 0 aliphatic carbocycles. The molecule has 0 bridgehead atoms. The van der Waals surface area contributed by atoms with Crippen LogP contribution in [0.5, 0.6) is 5.75 Å². The van der Waals surface area contributed by atoms with Crippen molar-refractivity contribution < 1.29 is 4.74 Å². The maximum absolute atomic E-state index is 12.9. The Morgan fingerprint density at radius 3 is 2.59 bits per heavy atom. The van der Waals surface area contributed by atoms with E-state index in [1.807, 2.05) is 55.5 Å². The monoisotopic (exact) mass is 379 g/mol. The molecule has 2 aromatic carbocycles. The number of benzene rings is 2. The largest absolute Gasteiger partial charge is 0.494 e. The summed E-state index contributed by atoms with van der Waals surface area (Å²) < 4.78 is 8.71. The molecule has 0 fully saturated rings. The SMILES string of the molecule is CCOc1ccc(-c2cc3c(=O)n(Cc4ccccc4Cl)ccn3n2)cc1. The number of nitrogens with zero attached hydrogens (tertiary/aromatic N) is 3. The van der Waals surface area contributed by atoms with Crippen LogP contribution in [0.25, 0.3) is 16.8 Å². The predicted octanol–water partition coefficient (Wildman–Crippen LogP) is 4.26. The van der Waals surface area contributed by atoms with Gasteiger partial charge < -0.3 is 9.30 Å². The third kappa shape index (κ3) is 3.46. The van der Waals surface area contributed by atoms with Crippen molar-refractivity contribution in [1.82, 2.24) is 14.2 Å². The van der Waals surface area contributed by atoms with Crippen LogP contribution in [-0.2, 0) is 6.54 Å². The average molecular weight is 380 g/mol. The molecule has 0 atom stereocenters. The molecular weight excluding hydrogens is 362 g/mol. The molecule has 5 nitrogen and oxygen atoms in total. The normalized spacial score (nSPS) is 11.0. The zero-order chi connectivity index (χ0) is 18.8. The van der Waals surface area contributed by atoms with Crippen LogP contribution in [0.15, 0.2) is 71.8 Å². The molecule has 0 radical (unpaired) electrons. The van der Waals surface area contributed by atoms with Crippen LogP contribution < -0.4 is 10.3 Å². The Balaban J connectivity index is 1.70. The van der Waals surface area contributed by atoms with Gasteiger partial charge in [0.25, 0.3) is 5.56 Å². The predicted molar refractivity (Wildman–Crippen MR) is 107 cm³/mol. The van der Waals surface area contributed by atoms with E-state index in [1.54, 1.807) is 27.5 Å². The first-order valence-corrected chi connectivity index (χ1v) is 9.09. The summed E-state index contributed by atoms with van der Waals surface area (Å²) in [5.74, 6) is 0.812. The molecule has 0 unspecified atom stereocenters. The van der Waals surface area contributed by atoms with Gasteiger partial charge in [-0.05, 0) is 48.9 Å². The molecule has 0 saturated heterocycles. The highest BCUT2D eigenvalue weighted by Gasteiger charge is 2.10. The van der Waals surface area contributed by atoms with E-state index in [4.69, 9.17) is 16.3 Å². The molecule has 0 saturated carbocycles. The van der Waals surface area contributed by atoms with Gasteiger partial charge in [-0.25, -0.2) is 4.52 Å². The Morgan fingerprint density at radius 2 is 1.85 bits per heavy atom. The molecule has 136 valence electrons. The van der Waals surface area contributed by atoms with Crippen molar-refractivity contribution in [2.24, 2.45) is 0 Å². The first-order chi connectivity index (χ1) is 13.2. The number of hydrogen-bond donors (Lipinski definition) is 0. The van der Waals surface area contributed by atoms with E-state index in [1.165, 1.54) is 0 Å². The minimum atomic E-state index is -0.109. The van der Waals surface area contributed by atoms with Gasteiger partial charge in [-0.1, -0.05) is 29.8 Å². The van der Waals surface area contributed by atoms with Crippen LogP contribution in [-0.4, -0.2) is 20.8 Å². The van der Waals surface area contributed by atoms with Gasteiger partial charge >= 0.3 is 0 Å². The molecule has 0 aliphatic heterocycles. The molecule has 0 aliphatic rings. The van der Waals surface area contributed by atoms with Crippen molar-refractivity contribution >= 4 is 17.1 Å². The van der Waals surface area contributed by atoms with E-state index in [9.17, 15) is 4.79 Å². The lowest BCUT2D eigenvalue weighted by atomic mass is 10.1. The van der Waals surface area contributed by atoms with Crippen LogP contribution in [0.1, 0.15) is 12.5 Å². The minimum absolute atomic E-state index is 0.109. The smallest absolute Gasteiger partial charge is 0.276 e. The Kier molecular flexibility index (Phi) is 4.69. The Bertz CT molecular complexity index is 1150. The fraction of sp³-hybridized carbons (Fsp3) is 0.143. The Morgan fingerprint density at radius 1 is 1.07 bits per heavy atom. The zero-order valence-electron chi connectivity index (χ0n) is 14.8. The molecule has 0 spiro atoms. The van der Waals surface area contributed by atoms with Crippen molar-refractivity contribution in [2.45, 2.75) is 13.5 Å². The van der Waals surface area contributed by atoms with E-state index in [2.05, 4.69) is 5.10 Å². The van der Waals surface area contributed by atoms with E-state index in [0.29, 0.717) is 23.7 Å². The number of hydrogen-bond acceptors (Lipinski definition) is 3. The van der Waals surface area contributed by atoms with Gasteiger partial charge in [-0.15, -0.1) is 0 Å². The standard InChI is InChI=1S/C21H18ClN3O2/c1-2-27-17-9-7-15(8-10-17)19-13-20-21(26)24(11-12-25(20)23-19)14-16-5-3-4-6-18(16)22/h3-13H,2,14H2,1H3. The summed E-state index contributed by atoms with van der Waals surface area (Å²) in [6.07, 6.45) is 3.51. The van der Waals surface area contributed by atoms with Crippen molar-refractivity contribution in [3.63, 3.8) is 0 Å². The summed E-state index contributed by atoms with van der Waals surface area (Å²) in [6, 6.07) is 17.0. The third-order valence-electron chi connectivity index (χ3n) is 4.36. The summed E-state index contributed by atoms with van der Waals surface area (Å²) in [4.78, 5) is 12.9. The van der Waals surface area contributed by atoms with E-state index >= 15 is 0 Å². The van der Waals surface area contributed by atoms with Crippen molar-refractivity contribution in [1.29, 1.82) is 0 Å². The van der Waals surface area contributed by atoms with Crippen molar-refractivity contribution in [3.8, 4) is 17.0 Å². The summed E-state index contributed by atoms with van der Waals surface area (Å²) in [6.45, 7) is 2.99. The van der Waals surface area contributed by atoms with Gasteiger partial charge in [0.1, 0.15) is 11.3 Å². The van der Waals surface area contributed by atoms with Crippen LogP contribution in [0.4, 0.5) is 0 Å². The van der Waals surface area contributed by atoms with Gasteiger partial charge in [0.2, 0.25) is 0 Å². The Hall–Kier alpha value is -3.05. The van der Waals surface area contributed by atoms with E-state index in [-0.39, 0.29) is 5.56 Å². The van der Waals surface area contributed by atoms with Crippen molar-refractivity contribution in [3.05, 3.63) is 87.9 Å². The van der Waals surface area contributed by atoms with Crippen molar-refractivity contribution in [2.75, 3.05) is 6.61 Å². The molecule has 4 aromatic rings. The number of aromatic nitrogens is 3. The molecule has 0 amide bonds. The molecule has 27 heavy (non-hydrogen) atoms. The maximum Gasteiger partial charge on any atom is 0.276 e. The minimum Gasteiger partial charge on any atom is -0.494 e. The second kappa shape index (κ2) is 7.29. The molecule has 2 heterocycles. The molecule has 6 heteroatoms. The van der Waals surface area contributed by atoms with Crippen LogP contribution in [0.2, 0.25) is 5.02 Å². The van der Waals surface area contributed by atoms with Crippen LogP contribution in [0, 0.1) is 0 Å². The van der Waals surface area contributed by atoms with Gasteiger partial charge in [-0.3, -0.25) is 4.79 Å². The lowest BCUT2D eigenvalue weighted by Crippen LogP contribution is -2.21. The Labute approximate surface area is 161 Å². The first kappa shape index (κ1) is 17.4. The summed E-state index contributed by atoms with van der Waals surface area (Å²) in [5, 5.41) is 5.17. The highest BCUT2D eigenvalue weighted by atomic mass is 35.5. The van der Waals surface area contributed by atoms with E-state index < -0.39 is 0 Å². The first-order valence-electron chi connectivity index (χ1n) is 8.71. The molecule has 4 rings (SSSR count). The van der Waals surface area contributed by atoms with Gasteiger partial charge in [-0.2, -0.15) is 5.10 Å². The lowest BCUT2D eigenvalue weighted by molar-refractivity contribution is 0.340. The highest BCUT2D eigenvalue weighted by Crippen LogP contribution is 2.22. The van der Waals surface area contributed by atoms with Gasteiger partial charge in [0.15, 0.2) is 0 Å². The molecular formula is C21H18ClN3O2. The van der Waals surface area contributed by atoms with Gasteiger partial charge in [0.05, 0.1) is 18.8 Å². The lowest BCUT2D eigenvalue weighted by Gasteiger charge is -2.07. The fourth-order valence-electron chi connectivity index (χ4n) is 2.99. The topological polar surface area (TPSA) is 48.5 Å². The second-order valence-electron chi connectivity index (χ2n) is 6.14. The second-order valence-corrected chi connectivity index (χ2v) is 6.55. The summed E-state index contributed by atoms with van der Waals surface area (Å²) >= 11 is 6.22. The van der Waals surface area contributed by atoms with Crippen LogP contribution in [0.3, 0.4) is 0 Å². The number of rotatable bonds is 5. The van der Waals surface area contributed by atoms with E-state index in [0.717, 1.165) is 22.6 Å². The number of ether oxygens (including phenoxy) is 1. The fourth-order valence-corrected chi connectivity index (χ4v) is 3.19. The quantitative estimate of drug-likeness (QED) is 0.520. The zero-order valence-corrected chi connectivity index (χ0v) is 15.6. The number of fused-ring (bicyclic) bond motifs is 1. The third-order valence-corrected chi connectivity index (χ3v) is 4.73.